The molecule has 26 heavy (non-hydrogen) atoms. The Morgan fingerprint density at radius 3 is 2.69 bits per heavy atom. The van der Waals surface area contributed by atoms with Gasteiger partial charge >= 0.3 is 0 Å². The Morgan fingerprint density at radius 2 is 2.04 bits per heavy atom. The van der Waals surface area contributed by atoms with Crippen LogP contribution in [-0.2, 0) is 13.6 Å². The first kappa shape index (κ1) is 22.4. The molecule has 142 valence electrons. The van der Waals surface area contributed by atoms with E-state index >= 15 is 0 Å². The average Bonchev–Trinajstić information content (AvgIpc) is 3.02. The zero-order valence-corrected chi connectivity index (χ0v) is 18.6. The lowest BCUT2D eigenvalue weighted by Gasteiger charge is -2.11. The van der Waals surface area contributed by atoms with Crippen molar-refractivity contribution in [2.24, 2.45) is 12.0 Å². The highest BCUT2D eigenvalue weighted by Gasteiger charge is 2.05. The van der Waals surface area contributed by atoms with E-state index in [2.05, 4.69) is 47.0 Å². The van der Waals surface area contributed by atoms with Crippen LogP contribution < -0.4 is 16.0 Å². The monoisotopic (exact) mass is 535 g/mol. The van der Waals surface area contributed by atoms with Crippen molar-refractivity contribution in [3.05, 3.63) is 46.5 Å². The lowest BCUT2D eigenvalue weighted by molar-refractivity contribution is 0.0953. The van der Waals surface area contributed by atoms with Crippen molar-refractivity contribution in [3.63, 3.8) is 0 Å². The SMILES string of the molecule is CN=C(NCCCNC(=O)c1cccc(Br)c1)NCc1ncnn1C.I. The fourth-order valence-electron chi connectivity index (χ4n) is 2.09. The summed E-state index contributed by atoms with van der Waals surface area (Å²) in [5.41, 5.74) is 0.642. The predicted octanol–water partition coefficient (Wildman–Crippen LogP) is 1.68. The van der Waals surface area contributed by atoms with Crippen LogP contribution in [-0.4, -0.2) is 46.8 Å². The van der Waals surface area contributed by atoms with Crippen LogP contribution in [0, 0.1) is 0 Å². The minimum absolute atomic E-state index is 0. The molecule has 0 saturated heterocycles. The van der Waals surface area contributed by atoms with Crippen LogP contribution in [0.25, 0.3) is 0 Å². The normalized spacial score (nSPS) is 10.8. The minimum atomic E-state index is -0.0777. The molecule has 0 fully saturated rings. The molecule has 0 unspecified atom stereocenters. The van der Waals surface area contributed by atoms with Crippen molar-refractivity contribution in [1.82, 2.24) is 30.7 Å². The van der Waals surface area contributed by atoms with Gasteiger partial charge in [0.2, 0.25) is 0 Å². The lowest BCUT2D eigenvalue weighted by atomic mass is 10.2. The molecular formula is C16H23BrIN7O. The highest BCUT2D eigenvalue weighted by atomic mass is 127. The van der Waals surface area contributed by atoms with Gasteiger partial charge in [0.25, 0.3) is 5.91 Å². The number of hydrogen-bond acceptors (Lipinski definition) is 4. The second-order valence-corrected chi connectivity index (χ2v) is 6.19. The molecule has 2 rings (SSSR count). The molecule has 1 heterocycles. The van der Waals surface area contributed by atoms with Gasteiger partial charge in [0, 0.05) is 37.2 Å². The van der Waals surface area contributed by atoms with Crippen molar-refractivity contribution in [3.8, 4) is 0 Å². The number of halogens is 2. The van der Waals surface area contributed by atoms with Gasteiger partial charge in [-0.25, -0.2) is 4.98 Å². The number of carbonyl (C=O) groups is 1. The van der Waals surface area contributed by atoms with Gasteiger partial charge in [0.05, 0.1) is 6.54 Å². The van der Waals surface area contributed by atoms with Crippen molar-refractivity contribution < 1.29 is 4.79 Å². The van der Waals surface area contributed by atoms with Crippen molar-refractivity contribution >= 4 is 51.8 Å². The minimum Gasteiger partial charge on any atom is -0.356 e. The van der Waals surface area contributed by atoms with E-state index in [9.17, 15) is 4.79 Å². The van der Waals surface area contributed by atoms with Gasteiger partial charge in [-0.3, -0.25) is 14.5 Å². The van der Waals surface area contributed by atoms with E-state index in [1.807, 2.05) is 19.2 Å². The fourth-order valence-corrected chi connectivity index (χ4v) is 2.49. The van der Waals surface area contributed by atoms with Gasteiger partial charge in [-0.1, -0.05) is 22.0 Å². The molecule has 2 aromatic rings. The maximum atomic E-state index is 12.0. The third-order valence-corrected chi connectivity index (χ3v) is 3.95. The van der Waals surface area contributed by atoms with Gasteiger partial charge < -0.3 is 16.0 Å². The Hall–Kier alpha value is -1.69. The Morgan fingerprint density at radius 1 is 1.27 bits per heavy atom. The molecule has 0 saturated carbocycles. The standard InChI is InChI=1S/C16H22BrN7O.HI/c1-18-16(21-10-14-22-11-23-24(14)2)20-8-4-7-19-15(25)12-5-3-6-13(17)9-12;/h3,5-6,9,11H,4,7-8,10H2,1-2H3,(H,19,25)(H2,18,20,21);1H. The van der Waals surface area contributed by atoms with E-state index in [4.69, 9.17) is 0 Å². The summed E-state index contributed by atoms with van der Waals surface area (Å²) in [5.74, 6) is 1.43. The van der Waals surface area contributed by atoms with Crippen LogP contribution in [0.15, 0.2) is 40.1 Å². The summed E-state index contributed by atoms with van der Waals surface area (Å²) in [4.78, 5) is 20.3. The van der Waals surface area contributed by atoms with Crippen molar-refractivity contribution in [2.75, 3.05) is 20.1 Å². The predicted molar refractivity (Wildman–Crippen MR) is 116 cm³/mol. The number of guanidine groups is 1. The Balaban J connectivity index is 0.00000338. The Kier molecular flexibility index (Phi) is 10.2. The summed E-state index contributed by atoms with van der Waals surface area (Å²) in [5, 5.41) is 13.3. The number of aliphatic imine (C=N–C) groups is 1. The molecule has 0 bridgehead atoms. The van der Waals surface area contributed by atoms with Gasteiger partial charge in [0.1, 0.15) is 12.2 Å². The molecule has 0 aliphatic rings. The highest BCUT2D eigenvalue weighted by Crippen LogP contribution is 2.11. The van der Waals surface area contributed by atoms with Crippen LogP contribution in [0.4, 0.5) is 0 Å². The van der Waals surface area contributed by atoms with Crippen LogP contribution in [0.5, 0.6) is 0 Å². The molecule has 1 aromatic heterocycles. The molecule has 0 radical (unpaired) electrons. The van der Waals surface area contributed by atoms with Crippen LogP contribution in [0.1, 0.15) is 22.6 Å². The summed E-state index contributed by atoms with van der Waals surface area (Å²) in [7, 11) is 3.55. The number of rotatable bonds is 7. The maximum absolute atomic E-state index is 12.0. The Labute approximate surface area is 178 Å². The number of amides is 1. The first-order valence-electron chi connectivity index (χ1n) is 7.91. The van der Waals surface area contributed by atoms with Crippen LogP contribution in [0.2, 0.25) is 0 Å². The summed E-state index contributed by atoms with van der Waals surface area (Å²) in [6.07, 6.45) is 2.30. The molecular weight excluding hydrogens is 513 g/mol. The summed E-state index contributed by atoms with van der Waals surface area (Å²) >= 11 is 3.36. The van der Waals surface area contributed by atoms with Gasteiger partial charge in [-0.15, -0.1) is 24.0 Å². The topological polar surface area (TPSA) is 96.2 Å². The zero-order valence-electron chi connectivity index (χ0n) is 14.7. The molecule has 3 N–H and O–H groups in total. The second kappa shape index (κ2) is 11.8. The number of aromatic nitrogens is 3. The number of nitrogens with zero attached hydrogens (tertiary/aromatic N) is 4. The third-order valence-electron chi connectivity index (χ3n) is 3.46. The quantitative estimate of drug-likeness (QED) is 0.217. The van der Waals surface area contributed by atoms with E-state index in [0.29, 0.717) is 31.2 Å². The number of hydrogen-bond donors (Lipinski definition) is 3. The van der Waals surface area contributed by atoms with E-state index in [-0.39, 0.29) is 29.9 Å². The molecule has 0 aliphatic heterocycles. The smallest absolute Gasteiger partial charge is 0.251 e. The summed E-state index contributed by atoms with van der Waals surface area (Å²) in [6.45, 7) is 1.81. The van der Waals surface area contributed by atoms with Gasteiger partial charge in [0.15, 0.2) is 5.96 Å². The van der Waals surface area contributed by atoms with Gasteiger partial charge in [-0.05, 0) is 24.6 Å². The first-order valence-corrected chi connectivity index (χ1v) is 8.70. The Bertz CT molecular complexity index is 735. The first-order chi connectivity index (χ1) is 12.1. The molecule has 1 amide bonds. The second-order valence-electron chi connectivity index (χ2n) is 5.27. The maximum Gasteiger partial charge on any atom is 0.251 e. The third kappa shape index (κ3) is 7.28. The molecule has 10 heteroatoms. The lowest BCUT2D eigenvalue weighted by Crippen LogP contribution is -2.38. The average molecular weight is 536 g/mol. The van der Waals surface area contributed by atoms with Gasteiger partial charge in [-0.2, -0.15) is 5.10 Å². The van der Waals surface area contributed by atoms with E-state index < -0.39 is 0 Å². The van der Waals surface area contributed by atoms with Crippen molar-refractivity contribution in [1.29, 1.82) is 0 Å². The summed E-state index contributed by atoms with van der Waals surface area (Å²) < 4.78 is 2.59. The van der Waals surface area contributed by atoms with E-state index in [0.717, 1.165) is 16.7 Å². The molecule has 8 nitrogen and oxygen atoms in total. The van der Waals surface area contributed by atoms with E-state index in [1.54, 1.807) is 23.9 Å². The van der Waals surface area contributed by atoms with E-state index in [1.165, 1.54) is 6.33 Å². The molecule has 0 atom stereocenters. The molecule has 0 spiro atoms. The van der Waals surface area contributed by atoms with Crippen molar-refractivity contribution in [2.45, 2.75) is 13.0 Å². The number of nitrogens with one attached hydrogen (secondary N) is 3. The summed E-state index contributed by atoms with van der Waals surface area (Å²) in [6, 6.07) is 7.32. The largest absolute Gasteiger partial charge is 0.356 e. The highest BCUT2D eigenvalue weighted by molar-refractivity contribution is 14.0. The number of aryl methyl sites for hydroxylation is 1. The number of benzene rings is 1. The zero-order chi connectivity index (χ0) is 18.1. The number of carbonyl (C=O) groups excluding carboxylic acids is 1. The fraction of sp³-hybridized carbons (Fsp3) is 0.375. The molecule has 1 aromatic carbocycles. The van der Waals surface area contributed by atoms with Crippen LogP contribution >= 0.6 is 39.9 Å². The van der Waals surface area contributed by atoms with Crippen LogP contribution in [0.3, 0.4) is 0 Å². The molecule has 0 aliphatic carbocycles.